The van der Waals surface area contributed by atoms with Crippen molar-refractivity contribution in [3.63, 3.8) is 0 Å². The Labute approximate surface area is 114 Å². The van der Waals surface area contributed by atoms with Crippen LogP contribution in [0.25, 0.3) is 0 Å². The first-order valence-electron chi connectivity index (χ1n) is 5.54. The van der Waals surface area contributed by atoms with Crippen LogP contribution in [0.15, 0.2) is 41.8 Å². The van der Waals surface area contributed by atoms with Gasteiger partial charge in [0.25, 0.3) is 5.91 Å². The number of benzene rings is 1. The lowest BCUT2D eigenvalue weighted by Crippen LogP contribution is -2.43. The van der Waals surface area contributed by atoms with Crippen LogP contribution in [0.4, 0.5) is 5.00 Å². The van der Waals surface area contributed by atoms with E-state index in [4.69, 9.17) is 0 Å². The van der Waals surface area contributed by atoms with E-state index in [9.17, 15) is 13.2 Å². The van der Waals surface area contributed by atoms with Gasteiger partial charge in [0.05, 0.1) is 12.1 Å². The van der Waals surface area contributed by atoms with Crippen molar-refractivity contribution in [1.29, 1.82) is 0 Å². The second-order valence-corrected chi connectivity index (χ2v) is 6.58. The lowest BCUT2D eigenvalue weighted by atomic mass is 10.2. The molecule has 0 atom stereocenters. The Hall–Kier alpha value is -1.86. The van der Waals surface area contributed by atoms with Crippen molar-refractivity contribution in [2.75, 3.05) is 4.72 Å². The number of carbonyl (C=O) groups excluding carboxylic acids is 1. The van der Waals surface area contributed by atoms with Crippen molar-refractivity contribution in [3.8, 4) is 0 Å². The van der Waals surface area contributed by atoms with Crippen molar-refractivity contribution in [2.24, 2.45) is 0 Å². The number of anilines is 1. The van der Waals surface area contributed by atoms with E-state index in [1.807, 2.05) is 6.07 Å². The highest BCUT2D eigenvalue weighted by molar-refractivity contribution is 7.91. The molecule has 1 N–H and O–H groups in total. The summed E-state index contributed by atoms with van der Waals surface area (Å²) in [6.07, 6.45) is 0. The molecule has 2 aromatic rings. The number of amides is 1. The summed E-state index contributed by atoms with van der Waals surface area (Å²) in [6, 6.07) is 10.6. The fraction of sp³-hybridized carbons (Fsp3) is 0.0833. The van der Waals surface area contributed by atoms with Gasteiger partial charge in [0.1, 0.15) is 5.00 Å². The molecule has 2 heterocycles. The molecule has 0 bridgehead atoms. The zero-order valence-corrected chi connectivity index (χ0v) is 11.4. The van der Waals surface area contributed by atoms with Crippen molar-refractivity contribution < 1.29 is 13.2 Å². The first-order valence-corrected chi connectivity index (χ1v) is 7.86. The summed E-state index contributed by atoms with van der Waals surface area (Å²) < 4.78 is 27.4. The van der Waals surface area contributed by atoms with Crippen LogP contribution in [-0.4, -0.2) is 18.6 Å². The summed E-state index contributed by atoms with van der Waals surface area (Å²) in [7, 11) is -3.81. The first-order chi connectivity index (χ1) is 9.08. The molecule has 19 heavy (non-hydrogen) atoms. The number of nitrogens with one attached hydrogen (secondary N) is 1. The number of carbonyl (C=O) groups is 1. The van der Waals surface area contributed by atoms with E-state index in [0.29, 0.717) is 10.6 Å². The maximum atomic E-state index is 12.2. The predicted octanol–water partition coefficient (Wildman–Crippen LogP) is 2.06. The molecule has 0 saturated heterocycles. The lowest BCUT2D eigenvalue weighted by molar-refractivity contribution is 0.0854. The summed E-state index contributed by atoms with van der Waals surface area (Å²) >= 11 is 1.20. The van der Waals surface area contributed by atoms with Crippen molar-refractivity contribution >= 4 is 32.5 Å². The third kappa shape index (κ3) is 2.11. The van der Waals surface area contributed by atoms with Crippen molar-refractivity contribution in [3.05, 3.63) is 52.9 Å². The van der Waals surface area contributed by atoms with Crippen LogP contribution in [-0.2, 0) is 16.8 Å². The Morgan fingerprint density at radius 3 is 2.63 bits per heavy atom. The topological polar surface area (TPSA) is 66.5 Å². The van der Waals surface area contributed by atoms with Crippen LogP contribution in [0.2, 0.25) is 0 Å². The Morgan fingerprint density at radius 2 is 1.89 bits per heavy atom. The maximum Gasteiger partial charge on any atom is 0.327 e. The number of hydrogen-bond acceptors (Lipinski definition) is 4. The number of fused-ring (bicyclic) bond motifs is 1. The van der Waals surface area contributed by atoms with Crippen LogP contribution in [0.5, 0.6) is 0 Å². The highest BCUT2D eigenvalue weighted by Gasteiger charge is 2.36. The summed E-state index contributed by atoms with van der Waals surface area (Å²) in [5.41, 5.74) is 1.16. The largest absolute Gasteiger partial charge is 0.327 e. The normalized spacial score (nSPS) is 16.8. The van der Waals surface area contributed by atoms with E-state index in [2.05, 4.69) is 4.72 Å². The third-order valence-electron chi connectivity index (χ3n) is 2.80. The second-order valence-electron chi connectivity index (χ2n) is 4.07. The minimum absolute atomic E-state index is 0.0320. The number of nitrogens with zero attached hydrogens (tertiary/aromatic N) is 1. The molecule has 0 aliphatic carbocycles. The Bertz CT molecular complexity index is 722. The molecule has 1 aromatic carbocycles. The van der Waals surface area contributed by atoms with Gasteiger partial charge in [-0.1, -0.05) is 30.3 Å². The molecule has 0 saturated carbocycles. The fourth-order valence-electron chi connectivity index (χ4n) is 1.88. The summed E-state index contributed by atoms with van der Waals surface area (Å²) in [6.45, 7) is 0.0320. The van der Waals surface area contributed by atoms with Crippen LogP contribution >= 0.6 is 11.3 Å². The molecule has 1 aromatic heterocycles. The monoisotopic (exact) mass is 294 g/mol. The molecule has 1 aliphatic heterocycles. The van der Waals surface area contributed by atoms with Crippen LogP contribution in [0, 0.1) is 0 Å². The highest BCUT2D eigenvalue weighted by Crippen LogP contribution is 2.31. The standard InChI is InChI=1S/C12H10N2O3S2/c15-12-10-6-7-18-11(10)13-19(16,17)14(12)8-9-4-2-1-3-5-9/h1-7,13H,8H2. The lowest BCUT2D eigenvalue weighted by Gasteiger charge is -2.27. The molecule has 1 amide bonds. The van der Waals surface area contributed by atoms with Gasteiger partial charge in [-0.25, -0.2) is 4.31 Å². The molecule has 0 radical (unpaired) electrons. The Morgan fingerprint density at radius 1 is 1.16 bits per heavy atom. The van der Waals surface area contributed by atoms with Gasteiger partial charge in [-0.15, -0.1) is 11.3 Å². The fourth-order valence-corrected chi connectivity index (χ4v) is 4.10. The Balaban J connectivity index is 1.99. The maximum absolute atomic E-state index is 12.2. The summed E-state index contributed by atoms with van der Waals surface area (Å²) in [5.74, 6) is -0.487. The average molecular weight is 294 g/mol. The minimum Gasteiger partial charge on any atom is -0.268 e. The molecular formula is C12H10N2O3S2. The number of hydrogen-bond donors (Lipinski definition) is 1. The molecule has 3 rings (SSSR count). The molecule has 98 valence electrons. The van der Waals surface area contributed by atoms with Crippen LogP contribution < -0.4 is 4.72 Å². The van der Waals surface area contributed by atoms with Gasteiger partial charge in [0.2, 0.25) is 0 Å². The van der Waals surface area contributed by atoms with Gasteiger partial charge in [-0.3, -0.25) is 9.52 Å². The van der Waals surface area contributed by atoms with Gasteiger partial charge in [0, 0.05) is 0 Å². The SMILES string of the molecule is O=C1c2ccsc2NS(=O)(=O)N1Cc1ccccc1. The summed E-state index contributed by atoms with van der Waals surface area (Å²) in [5, 5.41) is 2.08. The molecule has 0 spiro atoms. The molecule has 0 unspecified atom stereocenters. The van der Waals surface area contributed by atoms with Crippen LogP contribution in [0.1, 0.15) is 15.9 Å². The van der Waals surface area contributed by atoms with Gasteiger partial charge in [-0.05, 0) is 17.0 Å². The van der Waals surface area contributed by atoms with E-state index in [1.165, 1.54) is 11.3 Å². The summed E-state index contributed by atoms with van der Waals surface area (Å²) in [4.78, 5) is 12.2. The molecule has 0 fully saturated rings. The Kier molecular flexibility index (Phi) is 2.79. The molecule has 1 aliphatic rings. The quantitative estimate of drug-likeness (QED) is 0.922. The first kappa shape index (κ1) is 12.2. The van der Waals surface area contributed by atoms with E-state index in [1.54, 1.807) is 35.7 Å². The third-order valence-corrected chi connectivity index (χ3v) is 5.10. The van der Waals surface area contributed by atoms with Crippen molar-refractivity contribution in [1.82, 2.24) is 4.31 Å². The zero-order chi connectivity index (χ0) is 13.5. The number of thiophene rings is 1. The predicted molar refractivity (Wildman–Crippen MR) is 73.2 cm³/mol. The number of rotatable bonds is 2. The van der Waals surface area contributed by atoms with E-state index < -0.39 is 16.1 Å². The average Bonchev–Trinajstić information content (AvgIpc) is 2.83. The molecule has 5 nitrogen and oxygen atoms in total. The van der Waals surface area contributed by atoms with Gasteiger partial charge in [0.15, 0.2) is 0 Å². The zero-order valence-electron chi connectivity index (χ0n) is 9.74. The van der Waals surface area contributed by atoms with E-state index >= 15 is 0 Å². The smallest absolute Gasteiger partial charge is 0.268 e. The highest BCUT2D eigenvalue weighted by atomic mass is 32.2. The molecule has 7 heteroatoms. The second kappa shape index (κ2) is 4.36. The van der Waals surface area contributed by atoms with E-state index in [0.717, 1.165) is 9.87 Å². The van der Waals surface area contributed by atoms with E-state index in [-0.39, 0.29) is 6.54 Å². The van der Waals surface area contributed by atoms with Crippen molar-refractivity contribution in [2.45, 2.75) is 6.54 Å². The van der Waals surface area contributed by atoms with Crippen LogP contribution in [0.3, 0.4) is 0 Å². The van der Waals surface area contributed by atoms with Gasteiger partial charge >= 0.3 is 10.2 Å². The minimum atomic E-state index is -3.81. The van der Waals surface area contributed by atoms with Gasteiger partial charge in [-0.2, -0.15) is 8.42 Å². The molecular weight excluding hydrogens is 284 g/mol. The van der Waals surface area contributed by atoms with Gasteiger partial charge < -0.3 is 0 Å².